The number of rotatable bonds is 5. The van der Waals surface area contributed by atoms with E-state index in [1.54, 1.807) is 6.07 Å². The average molecular weight is 391 g/mol. The van der Waals surface area contributed by atoms with Crippen molar-refractivity contribution in [1.29, 1.82) is 0 Å². The predicted molar refractivity (Wildman–Crippen MR) is 87.0 cm³/mol. The van der Waals surface area contributed by atoms with Crippen molar-refractivity contribution in [3.05, 3.63) is 51.6 Å². The standard InChI is InChI=1S/C13H13BrClN3O2S/c1-16-21(19,20)11-4-5-13(18-8-11)17-7-9-2-3-10(14)6-12(9)15/h2-6,8,16H,7H2,1H3,(H,17,18). The van der Waals surface area contributed by atoms with Crippen LogP contribution in [0.2, 0.25) is 5.02 Å². The van der Waals surface area contributed by atoms with E-state index in [1.165, 1.54) is 19.3 Å². The van der Waals surface area contributed by atoms with Crippen molar-refractivity contribution in [3.8, 4) is 0 Å². The van der Waals surface area contributed by atoms with Gasteiger partial charge in [-0.2, -0.15) is 0 Å². The first kappa shape index (κ1) is 16.2. The minimum atomic E-state index is -3.46. The van der Waals surface area contributed by atoms with Crippen molar-refractivity contribution in [2.24, 2.45) is 0 Å². The molecule has 0 radical (unpaired) electrons. The van der Waals surface area contributed by atoms with Gasteiger partial charge >= 0.3 is 0 Å². The molecule has 0 amide bonds. The number of nitrogens with one attached hydrogen (secondary N) is 2. The molecule has 0 saturated heterocycles. The lowest BCUT2D eigenvalue weighted by Gasteiger charge is -2.08. The lowest BCUT2D eigenvalue weighted by Crippen LogP contribution is -2.18. The largest absolute Gasteiger partial charge is 0.366 e. The average Bonchev–Trinajstić information content (AvgIpc) is 2.47. The summed E-state index contributed by atoms with van der Waals surface area (Å²) in [7, 11) is -2.10. The van der Waals surface area contributed by atoms with Crippen LogP contribution >= 0.6 is 27.5 Å². The highest BCUT2D eigenvalue weighted by atomic mass is 79.9. The molecule has 0 fully saturated rings. The molecule has 0 bridgehead atoms. The number of benzene rings is 1. The van der Waals surface area contributed by atoms with Gasteiger partial charge in [0.15, 0.2) is 0 Å². The van der Waals surface area contributed by atoms with Crippen molar-refractivity contribution >= 4 is 43.4 Å². The fraction of sp³-hybridized carbons (Fsp3) is 0.154. The topological polar surface area (TPSA) is 71.1 Å². The smallest absolute Gasteiger partial charge is 0.241 e. The summed E-state index contributed by atoms with van der Waals surface area (Å²) in [6.07, 6.45) is 1.30. The van der Waals surface area contributed by atoms with Gasteiger partial charge in [-0.25, -0.2) is 18.1 Å². The Balaban J connectivity index is 2.07. The first-order chi connectivity index (χ1) is 9.92. The second-order valence-electron chi connectivity index (χ2n) is 4.18. The van der Waals surface area contributed by atoms with E-state index in [1.807, 2.05) is 18.2 Å². The molecule has 0 aliphatic heterocycles. The third-order valence-corrected chi connectivity index (χ3v) is 5.04. The van der Waals surface area contributed by atoms with E-state index in [9.17, 15) is 8.42 Å². The number of aromatic nitrogens is 1. The monoisotopic (exact) mass is 389 g/mol. The Hall–Kier alpha value is -1.15. The molecule has 0 aliphatic rings. The number of halogens is 2. The highest BCUT2D eigenvalue weighted by Crippen LogP contribution is 2.22. The lowest BCUT2D eigenvalue weighted by molar-refractivity contribution is 0.588. The summed E-state index contributed by atoms with van der Waals surface area (Å²) in [4.78, 5) is 4.20. The number of hydrogen-bond donors (Lipinski definition) is 2. The lowest BCUT2D eigenvalue weighted by atomic mass is 10.2. The fourth-order valence-corrected chi connectivity index (χ4v) is 3.03. The quantitative estimate of drug-likeness (QED) is 0.823. The zero-order chi connectivity index (χ0) is 15.5. The van der Waals surface area contributed by atoms with Gasteiger partial charge in [-0.3, -0.25) is 0 Å². The van der Waals surface area contributed by atoms with Crippen molar-refractivity contribution < 1.29 is 8.42 Å². The first-order valence-electron chi connectivity index (χ1n) is 6.00. The van der Waals surface area contributed by atoms with E-state index < -0.39 is 10.0 Å². The minimum Gasteiger partial charge on any atom is -0.366 e. The Bertz CT molecular complexity index is 736. The van der Waals surface area contributed by atoms with Crippen LogP contribution in [0.3, 0.4) is 0 Å². The molecule has 0 atom stereocenters. The number of pyridine rings is 1. The van der Waals surface area contributed by atoms with Gasteiger partial charge in [0.1, 0.15) is 10.7 Å². The summed E-state index contributed by atoms with van der Waals surface area (Å²) in [6.45, 7) is 0.497. The molecule has 0 aliphatic carbocycles. The molecule has 21 heavy (non-hydrogen) atoms. The summed E-state index contributed by atoms with van der Waals surface area (Å²) < 4.78 is 26.3. The maximum absolute atomic E-state index is 11.6. The summed E-state index contributed by atoms with van der Waals surface area (Å²) in [5, 5.41) is 3.74. The third kappa shape index (κ3) is 4.16. The Morgan fingerprint density at radius 1 is 1.29 bits per heavy atom. The van der Waals surface area contributed by atoms with Gasteiger partial charge in [0.05, 0.1) is 0 Å². The fourth-order valence-electron chi connectivity index (χ4n) is 1.61. The maximum atomic E-state index is 11.6. The first-order valence-corrected chi connectivity index (χ1v) is 8.65. The second-order valence-corrected chi connectivity index (χ2v) is 7.39. The van der Waals surface area contributed by atoms with E-state index >= 15 is 0 Å². The van der Waals surface area contributed by atoms with Crippen LogP contribution in [0.1, 0.15) is 5.56 Å². The minimum absolute atomic E-state index is 0.122. The molecule has 1 aromatic carbocycles. The SMILES string of the molecule is CNS(=O)(=O)c1ccc(NCc2ccc(Br)cc2Cl)nc1. The highest BCUT2D eigenvalue weighted by Gasteiger charge is 2.11. The van der Waals surface area contributed by atoms with Crippen LogP contribution in [0.4, 0.5) is 5.82 Å². The molecular formula is C13H13BrClN3O2S. The van der Waals surface area contributed by atoms with Crippen LogP contribution in [0, 0.1) is 0 Å². The third-order valence-electron chi connectivity index (χ3n) is 2.79. The molecule has 2 N–H and O–H groups in total. The molecule has 1 aromatic heterocycles. The molecule has 0 spiro atoms. The normalized spacial score (nSPS) is 11.4. The zero-order valence-corrected chi connectivity index (χ0v) is 14.3. The molecule has 8 heteroatoms. The molecule has 2 aromatic rings. The van der Waals surface area contributed by atoms with E-state index in [-0.39, 0.29) is 4.90 Å². The van der Waals surface area contributed by atoms with Crippen LogP contribution in [-0.4, -0.2) is 20.4 Å². The molecular weight excluding hydrogens is 378 g/mol. The molecule has 0 unspecified atom stereocenters. The number of nitrogens with zero attached hydrogens (tertiary/aromatic N) is 1. The van der Waals surface area contributed by atoms with Crippen LogP contribution in [-0.2, 0) is 16.6 Å². The second kappa shape index (κ2) is 6.74. The Kier molecular flexibility index (Phi) is 5.21. The highest BCUT2D eigenvalue weighted by molar-refractivity contribution is 9.10. The van der Waals surface area contributed by atoms with Crippen molar-refractivity contribution in [3.63, 3.8) is 0 Å². The molecule has 0 saturated carbocycles. The Morgan fingerprint density at radius 2 is 2.05 bits per heavy atom. The summed E-state index contributed by atoms with van der Waals surface area (Å²) in [6, 6.07) is 8.72. The predicted octanol–water partition coefficient (Wildman–Crippen LogP) is 3.02. The van der Waals surface area contributed by atoms with E-state index in [4.69, 9.17) is 11.6 Å². The van der Waals surface area contributed by atoms with Crippen molar-refractivity contribution in [1.82, 2.24) is 9.71 Å². The van der Waals surface area contributed by atoms with Gasteiger partial charge < -0.3 is 5.32 Å². The van der Waals surface area contributed by atoms with Crippen molar-refractivity contribution in [2.75, 3.05) is 12.4 Å². The zero-order valence-electron chi connectivity index (χ0n) is 11.1. The van der Waals surface area contributed by atoms with Gasteiger partial charge in [-0.1, -0.05) is 33.6 Å². The van der Waals surface area contributed by atoms with E-state index in [0.29, 0.717) is 17.4 Å². The molecule has 1 heterocycles. The number of hydrogen-bond acceptors (Lipinski definition) is 4. The molecule has 2 rings (SSSR count). The molecule has 5 nitrogen and oxygen atoms in total. The maximum Gasteiger partial charge on any atom is 0.241 e. The van der Waals surface area contributed by atoms with Gasteiger partial charge in [-0.15, -0.1) is 0 Å². The number of sulfonamides is 1. The Labute approximate surface area is 136 Å². The van der Waals surface area contributed by atoms with Crippen LogP contribution in [0.25, 0.3) is 0 Å². The van der Waals surface area contributed by atoms with Crippen LogP contribution in [0.15, 0.2) is 45.9 Å². The summed E-state index contributed by atoms with van der Waals surface area (Å²) >= 11 is 9.47. The summed E-state index contributed by atoms with van der Waals surface area (Å²) in [5.41, 5.74) is 0.925. The van der Waals surface area contributed by atoms with Gasteiger partial charge in [0.25, 0.3) is 0 Å². The van der Waals surface area contributed by atoms with Crippen LogP contribution < -0.4 is 10.0 Å². The van der Waals surface area contributed by atoms with Gasteiger partial charge in [0.2, 0.25) is 10.0 Å². The van der Waals surface area contributed by atoms with E-state index in [2.05, 4.69) is 31.0 Å². The summed E-state index contributed by atoms with van der Waals surface area (Å²) in [5.74, 6) is 0.573. The van der Waals surface area contributed by atoms with Crippen LogP contribution in [0.5, 0.6) is 0 Å². The van der Waals surface area contributed by atoms with E-state index in [0.717, 1.165) is 10.0 Å². The molecule has 112 valence electrons. The van der Waals surface area contributed by atoms with Gasteiger partial charge in [0, 0.05) is 22.2 Å². The van der Waals surface area contributed by atoms with Crippen molar-refractivity contribution in [2.45, 2.75) is 11.4 Å². The Morgan fingerprint density at radius 3 is 2.62 bits per heavy atom. The van der Waals surface area contributed by atoms with Gasteiger partial charge in [-0.05, 0) is 36.9 Å². The number of anilines is 1.